The van der Waals surface area contributed by atoms with Gasteiger partial charge >= 0.3 is 0 Å². The molecule has 1 aromatic rings. The Hall–Kier alpha value is -1.34. The lowest BCUT2D eigenvalue weighted by Crippen LogP contribution is -2.23. The van der Waals surface area contributed by atoms with Gasteiger partial charge in [-0.3, -0.25) is 0 Å². The molecule has 0 fully saturated rings. The summed E-state index contributed by atoms with van der Waals surface area (Å²) >= 11 is 0. The quantitative estimate of drug-likeness (QED) is 0.777. The highest BCUT2D eigenvalue weighted by Gasteiger charge is 2.26. The van der Waals surface area contributed by atoms with Gasteiger partial charge in [0, 0.05) is 0 Å². The zero-order valence-corrected chi connectivity index (χ0v) is 8.98. The van der Waals surface area contributed by atoms with E-state index in [2.05, 4.69) is 12.2 Å². The van der Waals surface area contributed by atoms with Crippen LogP contribution in [0.4, 0.5) is 0 Å². The number of allylic oxidation sites excluding steroid dienone is 2. The molecule has 1 nitrogen and oxygen atoms in total. The lowest BCUT2D eigenvalue weighted by molar-refractivity contribution is 0.101. The van der Waals surface area contributed by atoms with Crippen molar-refractivity contribution < 1.29 is 5.11 Å². The molecule has 0 bridgehead atoms. The zero-order chi connectivity index (χ0) is 10.7. The molecule has 15 heavy (non-hydrogen) atoms. The van der Waals surface area contributed by atoms with E-state index < -0.39 is 5.60 Å². The number of hydrogen-bond acceptors (Lipinski definition) is 1. The molecule has 0 saturated heterocycles. The molecule has 0 radical (unpaired) electrons. The summed E-state index contributed by atoms with van der Waals surface area (Å²) in [5.41, 5.74) is 1.08. The molecule has 1 aliphatic carbocycles. The Bertz CT molecular complexity index is 385. The van der Waals surface area contributed by atoms with Crippen molar-refractivity contribution in [3.05, 3.63) is 59.7 Å². The van der Waals surface area contributed by atoms with Crippen LogP contribution in [0.25, 0.3) is 0 Å². The van der Waals surface area contributed by atoms with Gasteiger partial charge in [-0.25, -0.2) is 0 Å². The van der Waals surface area contributed by atoms with Crippen LogP contribution in [0.2, 0.25) is 0 Å². The average Bonchev–Trinajstić information content (AvgIpc) is 2.31. The molecule has 1 N–H and O–H groups in total. The van der Waals surface area contributed by atoms with E-state index in [9.17, 15) is 5.11 Å². The third kappa shape index (κ3) is 2.02. The summed E-state index contributed by atoms with van der Waals surface area (Å²) in [5, 5.41) is 10.5. The Morgan fingerprint density at radius 3 is 2.47 bits per heavy atom. The first-order valence-electron chi connectivity index (χ1n) is 5.36. The van der Waals surface area contributed by atoms with Crippen molar-refractivity contribution in [2.45, 2.75) is 25.4 Å². The van der Waals surface area contributed by atoms with Crippen LogP contribution < -0.4 is 0 Å². The second-order valence-electron chi connectivity index (χ2n) is 4.08. The summed E-state index contributed by atoms with van der Waals surface area (Å²) in [5.74, 6) is 0. The molecule has 0 heterocycles. The molecule has 0 saturated carbocycles. The molecule has 1 aliphatic rings. The standard InChI is InChI=1S/C14H16O/c1-14(15,12-8-4-2-5-9-12)13-10-6-3-7-11-13/h2,4-6,8-11,15H,3,7H2,1H3. The minimum absolute atomic E-state index is 0.863. The van der Waals surface area contributed by atoms with E-state index >= 15 is 0 Å². The van der Waals surface area contributed by atoms with Gasteiger partial charge in [0.1, 0.15) is 5.60 Å². The highest BCUT2D eigenvalue weighted by Crippen LogP contribution is 2.31. The van der Waals surface area contributed by atoms with Crippen LogP contribution in [0.15, 0.2) is 54.1 Å². The first-order valence-corrected chi connectivity index (χ1v) is 5.36. The maximum Gasteiger partial charge on any atom is 0.111 e. The summed E-state index contributed by atoms with van der Waals surface area (Å²) in [7, 11) is 0. The van der Waals surface area contributed by atoms with Gasteiger partial charge in [0.2, 0.25) is 0 Å². The monoisotopic (exact) mass is 200 g/mol. The lowest BCUT2D eigenvalue weighted by atomic mass is 9.85. The minimum atomic E-state index is -0.863. The molecule has 0 aromatic heterocycles. The topological polar surface area (TPSA) is 20.2 Å². The van der Waals surface area contributed by atoms with Gasteiger partial charge in [-0.2, -0.15) is 0 Å². The number of hydrogen-bond donors (Lipinski definition) is 1. The van der Waals surface area contributed by atoms with Crippen LogP contribution in [-0.2, 0) is 5.60 Å². The molecule has 78 valence electrons. The number of aliphatic hydroxyl groups is 1. The third-order valence-electron chi connectivity index (χ3n) is 2.89. The fraction of sp³-hybridized carbons (Fsp3) is 0.286. The molecule has 0 aliphatic heterocycles. The molecule has 1 unspecified atom stereocenters. The summed E-state index contributed by atoms with van der Waals surface area (Å²) in [6, 6.07) is 9.80. The van der Waals surface area contributed by atoms with Crippen molar-refractivity contribution in [3.8, 4) is 0 Å². The molecule has 2 rings (SSSR count). The highest BCUT2D eigenvalue weighted by atomic mass is 16.3. The first kappa shape index (κ1) is 10.2. The van der Waals surface area contributed by atoms with Crippen LogP contribution in [-0.4, -0.2) is 5.11 Å². The molecule has 1 heteroatoms. The van der Waals surface area contributed by atoms with Gasteiger partial charge in [-0.05, 0) is 30.9 Å². The number of benzene rings is 1. The Kier molecular flexibility index (Phi) is 2.74. The van der Waals surface area contributed by atoms with Crippen LogP contribution >= 0.6 is 0 Å². The van der Waals surface area contributed by atoms with Crippen LogP contribution in [0, 0.1) is 0 Å². The number of rotatable bonds is 2. The second-order valence-corrected chi connectivity index (χ2v) is 4.08. The minimum Gasteiger partial charge on any atom is -0.381 e. The van der Waals surface area contributed by atoms with Crippen molar-refractivity contribution in [2.24, 2.45) is 0 Å². The van der Waals surface area contributed by atoms with Gasteiger partial charge in [-0.15, -0.1) is 0 Å². The molecular weight excluding hydrogens is 184 g/mol. The van der Waals surface area contributed by atoms with E-state index in [-0.39, 0.29) is 0 Å². The average molecular weight is 200 g/mol. The van der Waals surface area contributed by atoms with Crippen LogP contribution in [0.1, 0.15) is 25.3 Å². The largest absolute Gasteiger partial charge is 0.381 e. The van der Waals surface area contributed by atoms with Crippen LogP contribution in [0.3, 0.4) is 0 Å². The van der Waals surface area contributed by atoms with Crippen LogP contribution in [0.5, 0.6) is 0 Å². The second kappa shape index (κ2) is 4.03. The highest BCUT2D eigenvalue weighted by molar-refractivity contribution is 5.38. The van der Waals surface area contributed by atoms with Gasteiger partial charge in [0.25, 0.3) is 0 Å². The Morgan fingerprint density at radius 1 is 1.13 bits per heavy atom. The zero-order valence-electron chi connectivity index (χ0n) is 8.98. The predicted molar refractivity (Wildman–Crippen MR) is 62.5 cm³/mol. The summed E-state index contributed by atoms with van der Waals surface area (Å²) < 4.78 is 0. The van der Waals surface area contributed by atoms with E-state index in [0.29, 0.717) is 0 Å². The molecule has 0 amide bonds. The van der Waals surface area contributed by atoms with Gasteiger partial charge < -0.3 is 5.11 Å². The predicted octanol–water partition coefficient (Wildman–Crippen LogP) is 3.17. The van der Waals surface area contributed by atoms with Crippen molar-refractivity contribution in [1.82, 2.24) is 0 Å². The van der Waals surface area contributed by atoms with Crippen molar-refractivity contribution in [1.29, 1.82) is 0 Å². The van der Waals surface area contributed by atoms with E-state index in [1.54, 1.807) is 0 Å². The Balaban J connectivity index is 2.34. The van der Waals surface area contributed by atoms with E-state index in [1.807, 2.05) is 43.3 Å². The van der Waals surface area contributed by atoms with E-state index in [1.165, 1.54) is 0 Å². The lowest BCUT2D eigenvalue weighted by Gasteiger charge is -2.26. The Morgan fingerprint density at radius 2 is 1.87 bits per heavy atom. The summed E-state index contributed by atoms with van der Waals surface area (Å²) in [4.78, 5) is 0. The van der Waals surface area contributed by atoms with Gasteiger partial charge in [0.15, 0.2) is 0 Å². The summed E-state index contributed by atoms with van der Waals surface area (Å²) in [6.07, 6.45) is 8.36. The smallest absolute Gasteiger partial charge is 0.111 e. The molecule has 0 spiro atoms. The maximum atomic E-state index is 10.5. The van der Waals surface area contributed by atoms with Crippen molar-refractivity contribution in [3.63, 3.8) is 0 Å². The normalized spacial score (nSPS) is 19.5. The van der Waals surface area contributed by atoms with Crippen molar-refractivity contribution >= 4 is 0 Å². The summed E-state index contributed by atoms with van der Waals surface area (Å²) in [6.45, 7) is 1.85. The van der Waals surface area contributed by atoms with Gasteiger partial charge in [0.05, 0.1) is 0 Å². The first-order chi connectivity index (χ1) is 7.21. The molecule has 1 aromatic carbocycles. The van der Waals surface area contributed by atoms with E-state index in [4.69, 9.17) is 0 Å². The Labute approximate surface area is 90.8 Å². The molecular formula is C14H16O. The molecule has 1 atom stereocenters. The third-order valence-corrected chi connectivity index (χ3v) is 2.89. The van der Waals surface area contributed by atoms with Gasteiger partial charge in [-0.1, -0.05) is 48.6 Å². The SMILES string of the molecule is CC(O)(C1=CCCC=C1)c1ccccc1. The van der Waals surface area contributed by atoms with Crippen molar-refractivity contribution in [2.75, 3.05) is 0 Å². The van der Waals surface area contributed by atoms with E-state index in [0.717, 1.165) is 24.0 Å². The fourth-order valence-electron chi connectivity index (χ4n) is 1.90. The fourth-order valence-corrected chi connectivity index (χ4v) is 1.90. The maximum absolute atomic E-state index is 10.5.